The number of hydrogen-bond acceptors (Lipinski definition) is 7. The molecule has 2 aliphatic heterocycles. The molecule has 0 radical (unpaired) electrons. The lowest BCUT2D eigenvalue weighted by Gasteiger charge is -2.45. The lowest BCUT2D eigenvalue weighted by molar-refractivity contribution is -0.156. The Labute approximate surface area is 245 Å². The van der Waals surface area contributed by atoms with Crippen LogP contribution in [0, 0.1) is 0 Å². The number of nitrogens with two attached hydrogens (primary N) is 1. The van der Waals surface area contributed by atoms with E-state index >= 15 is 0 Å². The first kappa shape index (κ1) is 30.0. The third kappa shape index (κ3) is 6.34. The number of hydrazine groups is 1. The molecule has 2 N–H and O–H groups in total. The second kappa shape index (κ2) is 12.3. The summed E-state index contributed by atoms with van der Waals surface area (Å²) in [6.45, 7) is 1.87. The van der Waals surface area contributed by atoms with E-state index in [0.29, 0.717) is 17.3 Å². The molecule has 10 nitrogen and oxygen atoms in total. The number of amides is 2. The van der Waals surface area contributed by atoms with Gasteiger partial charge in [-0.25, -0.2) is 13.4 Å². The lowest BCUT2D eigenvalue weighted by atomic mass is 10.0. The molecule has 2 amide bonds. The van der Waals surface area contributed by atoms with Crippen molar-refractivity contribution in [3.63, 3.8) is 0 Å². The van der Waals surface area contributed by atoms with Crippen LogP contribution in [-0.4, -0.2) is 85.4 Å². The third-order valence-electron chi connectivity index (χ3n) is 7.47. The molecule has 13 heteroatoms. The van der Waals surface area contributed by atoms with Crippen molar-refractivity contribution in [1.29, 1.82) is 0 Å². The number of primary amides is 1. The van der Waals surface area contributed by atoms with E-state index in [2.05, 4.69) is 9.88 Å². The Morgan fingerprint density at radius 3 is 2.45 bits per heavy atom. The number of fused-ring (bicyclic) bond motifs is 1. The molecule has 2 fully saturated rings. The number of carbonyl (C=O) groups excluding carboxylic acids is 2. The standard InChI is InChI=1S/C27H31ClN6O4S.ClH/c1-31(23-7-10-32(11-8-23)24-6-9-30-22(16-24)17-26(29)35)34-13-12-33(18-27(34)36)39(37,38)25-5-3-19-14-21(28)4-2-20(19)15-25;/h2-6,9,14-16,23H,7-8,10-13,17-18H2,1H3,(H2,29,35);1H. The van der Waals surface area contributed by atoms with Gasteiger partial charge in [-0.05, 0) is 60.0 Å². The van der Waals surface area contributed by atoms with Gasteiger partial charge >= 0.3 is 0 Å². The van der Waals surface area contributed by atoms with Gasteiger partial charge in [-0.3, -0.25) is 19.6 Å². The van der Waals surface area contributed by atoms with Crippen molar-refractivity contribution < 1.29 is 18.0 Å². The Bertz CT molecular complexity index is 1510. The number of nitrogens with zero attached hydrogens (tertiary/aromatic N) is 5. The van der Waals surface area contributed by atoms with Crippen molar-refractivity contribution >= 4 is 62.3 Å². The zero-order chi connectivity index (χ0) is 27.7. The summed E-state index contributed by atoms with van der Waals surface area (Å²) in [7, 11) is -1.93. The molecule has 2 saturated heterocycles. The summed E-state index contributed by atoms with van der Waals surface area (Å²) in [6, 6.07) is 14.2. The van der Waals surface area contributed by atoms with Crippen LogP contribution < -0.4 is 10.6 Å². The molecule has 0 unspecified atom stereocenters. The highest BCUT2D eigenvalue weighted by molar-refractivity contribution is 7.89. The van der Waals surface area contributed by atoms with Gasteiger partial charge in [-0.15, -0.1) is 12.4 Å². The number of hydrogen-bond donors (Lipinski definition) is 1. The summed E-state index contributed by atoms with van der Waals surface area (Å²) in [6.07, 6.45) is 3.45. The highest BCUT2D eigenvalue weighted by Crippen LogP contribution is 2.27. The molecule has 0 spiro atoms. The molecule has 0 aliphatic carbocycles. The van der Waals surface area contributed by atoms with E-state index in [4.69, 9.17) is 17.3 Å². The monoisotopic (exact) mass is 606 g/mol. The molecular weight excluding hydrogens is 575 g/mol. The smallest absolute Gasteiger partial charge is 0.252 e. The van der Waals surface area contributed by atoms with Crippen molar-refractivity contribution in [2.24, 2.45) is 5.73 Å². The maximum absolute atomic E-state index is 13.4. The Kier molecular flexibility index (Phi) is 9.21. The van der Waals surface area contributed by atoms with Gasteiger partial charge in [-0.1, -0.05) is 23.7 Å². The summed E-state index contributed by atoms with van der Waals surface area (Å²) < 4.78 is 28.0. The number of sulfonamides is 1. The second-order valence-corrected chi connectivity index (χ2v) is 12.3. The van der Waals surface area contributed by atoms with Gasteiger partial charge in [0.25, 0.3) is 5.91 Å². The molecule has 2 aliphatic rings. The molecule has 3 aromatic rings. The van der Waals surface area contributed by atoms with E-state index in [1.54, 1.807) is 47.6 Å². The van der Waals surface area contributed by atoms with Crippen molar-refractivity contribution in [3.05, 3.63) is 65.4 Å². The normalized spacial score (nSPS) is 17.3. The van der Waals surface area contributed by atoms with Crippen LogP contribution in [0.3, 0.4) is 0 Å². The van der Waals surface area contributed by atoms with Crippen LogP contribution in [0.25, 0.3) is 10.8 Å². The van der Waals surface area contributed by atoms with E-state index in [1.165, 1.54) is 4.31 Å². The summed E-state index contributed by atoms with van der Waals surface area (Å²) in [5.74, 6) is -0.660. The first-order chi connectivity index (χ1) is 18.6. The number of rotatable bonds is 7. The minimum atomic E-state index is -3.83. The van der Waals surface area contributed by atoms with Crippen molar-refractivity contribution in [1.82, 2.24) is 19.3 Å². The van der Waals surface area contributed by atoms with Crippen LogP contribution in [0.5, 0.6) is 0 Å². The minimum absolute atomic E-state index is 0. The summed E-state index contributed by atoms with van der Waals surface area (Å²) in [4.78, 5) is 31.0. The highest BCUT2D eigenvalue weighted by Gasteiger charge is 2.36. The minimum Gasteiger partial charge on any atom is -0.371 e. The fourth-order valence-electron chi connectivity index (χ4n) is 5.32. The Morgan fingerprint density at radius 2 is 1.75 bits per heavy atom. The molecule has 1 aromatic heterocycles. The Balaban J connectivity index is 0.00000370. The van der Waals surface area contributed by atoms with E-state index < -0.39 is 15.9 Å². The largest absolute Gasteiger partial charge is 0.371 e. The van der Waals surface area contributed by atoms with E-state index in [9.17, 15) is 18.0 Å². The zero-order valence-electron chi connectivity index (χ0n) is 22.1. The van der Waals surface area contributed by atoms with Crippen LogP contribution in [0.2, 0.25) is 5.02 Å². The number of benzene rings is 2. The maximum atomic E-state index is 13.4. The molecule has 2 aromatic carbocycles. The molecular formula is C27H32Cl2N6O4S. The van der Waals surface area contributed by atoms with Crippen molar-refractivity contribution in [2.75, 3.05) is 44.7 Å². The number of halogens is 2. The predicted molar refractivity (Wildman–Crippen MR) is 157 cm³/mol. The van der Waals surface area contributed by atoms with E-state index in [-0.39, 0.29) is 48.8 Å². The number of pyridine rings is 1. The summed E-state index contributed by atoms with van der Waals surface area (Å²) >= 11 is 6.05. The maximum Gasteiger partial charge on any atom is 0.252 e. The lowest BCUT2D eigenvalue weighted by Crippen LogP contribution is -2.60. The van der Waals surface area contributed by atoms with Crippen LogP contribution in [0.1, 0.15) is 18.5 Å². The highest BCUT2D eigenvalue weighted by atomic mass is 35.5. The SMILES string of the molecule is CN(C1CCN(c2ccnc(CC(N)=O)c2)CC1)N1CCN(S(=O)(=O)c2ccc3cc(Cl)ccc3c2)CC1=O.Cl. The predicted octanol–water partition coefficient (Wildman–Crippen LogP) is 2.69. The fourth-order valence-corrected chi connectivity index (χ4v) is 6.91. The molecule has 5 rings (SSSR count). The van der Waals surface area contributed by atoms with E-state index in [0.717, 1.165) is 42.4 Å². The first-order valence-electron chi connectivity index (χ1n) is 12.8. The van der Waals surface area contributed by atoms with Gasteiger partial charge in [0.15, 0.2) is 0 Å². The number of anilines is 1. The number of aromatic nitrogens is 1. The number of piperidine rings is 1. The van der Waals surface area contributed by atoms with Crippen LogP contribution in [-0.2, 0) is 26.0 Å². The molecule has 40 heavy (non-hydrogen) atoms. The van der Waals surface area contributed by atoms with Gasteiger partial charge in [0.1, 0.15) is 0 Å². The second-order valence-electron chi connectivity index (χ2n) is 9.95. The number of piperazine rings is 1. The van der Waals surface area contributed by atoms with Crippen LogP contribution >= 0.6 is 24.0 Å². The Morgan fingerprint density at radius 1 is 1.05 bits per heavy atom. The molecule has 0 atom stereocenters. The average Bonchev–Trinajstić information content (AvgIpc) is 2.92. The van der Waals surface area contributed by atoms with Gasteiger partial charge < -0.3 is 10.6 Å². The summed E-state index contributed by atoms with van der Waals surface area (Å²) in [5.41, 5.74) is 6.94. The molecule has 0 bridgehead atoms. The van der Waals surface area contributed by atoms with E-state index in [1.807, 2.05) is 24.2 Å². The van der Waals surface area contributed by atoms with Gasteiger partial charge in [0.05, 0.1) is 30.1 Å². The van der Waals surface area contributed by atoms with Gasteiger partial charge in [0, 0.05) is 49.6 Å². The fraction of sp³-hybridized carbons (Fsp3) is 0.370. The van der Waals surface area contributed by atoms with Gasteiger partial charge in [-0.2, -0.15) is 4.31 Å². The van der Waals surface area contributed by atoms with Gasteiger partial charge in [0.2, 0.25) is 15.9 Å². The Hall–Kier alpha value is -2.96. The summed E-state index contributed by atoms with van der Waals surface area (Å²) in [5, 5.41) is 5.85. The molecule has 214 valence electrons. The average molecular weight is 608 g/mol. The molecule has 0 saturated carbocycles. The van der Waals surface area contributed by atoms with Crippen LogP contribution in [0.15, 0.2) is 59.6 Å². The first-order valence-corrected chi connectivity index (χ1v) is 14.6. The molecule has 3 heterocycles. The van der Waals surface area contributed by atoms with Crippen LogP contribution in [0.4, 0.5) is 5.69 Å². The topological polar surface area (TPSA) is 120 Å². The zero-order valence-corrected chi connectivity index (χ0v) is 24.5. The third-order valence-corrected chi connectivity index (χ3v) is 9.54. The van der Waals surface area contributed by atoms with Crippen molar-refractivity contribution in [3.8, 4) is 0 Å². The quantitative estimate of drug-likeness (QED) is 0.439. The number of carbonyl (C=O) groups is 2. The van der Waals surface area contributed by atoms with Crippen molar-refractivity contribution in [2.45, 2.75) is 30.2 Å².